The van der Waals surface area contributed by atoms with Gasteiger partial charge < -0.3 is 62.6 Å². The number of likely N-dealkylation sites (N-methyl/N-ethyl adjacent to an activating group) is 2. The molecule has 0 aliphatic carbocycles. The first-order valence-corrected chi connectivity index (χ1v) is 35.8. The molecular formula is C90H98N14O8Pt5-2. The van der Waals surface area contributed by atoms with Crippen LogP contribution in [0.4, 0.5) is 22.7 Å². The average Bonchev–Trinajstić information content (AvgIpc) is 1.63. The van der Waals surface area contributed by atoms with Crippen LogP contribution in [0.2, 0.25) is 0 Å². The fourth-order valence-corrected chi connectivity index (χ4v) is 10.7. The van der Waals surface area contributed by atoms with Crippen LogP contribution in [0, 0.1) is 56.5 Å². The van der Waals surface area contributed by atoms with Crippen LogP contribution in [0.15, 0.2) is 273 Å². The maximum atomic E-state index is 10.2. The minimum Gasteiger partial charge on any atom is -0.745 e. The van der Waals surface area contributed by atoms with Crippen molar-refractivity contribution in [2.45, 2.75) is 6.92 Å². The number of ether oxygens (including phenoxy) is 1. The minimum absolute atomic E-state index is 0. The van der Waals surface area contributed by atoms with Gasteiger partial charge in [0.1, 0.15) is 41.9 Å². The van der Waals surface area contributed by atoms with Crippen LogP contribution in [0.5, 0.6) is 11.5 Å². The van der Waals surface area contributed by atoms with Gasteiger partial charge in [-0.1, -0.05) is 72.4 Å². The van der Waals surface area contributed by atoms with Gasteiger partial charge in [-0.2, -0.15) is 104 Å². The number of benzene rings is 10. The summed E-state index contributed by atoms with van der Waals surface area (Å²) in [6, 6.07) is 85.2. The molecule has 4 aromatic heterocycles. The molecule has 16 rings (SSSR count). The number of carbonyl (C=O) groups excluding carboxylic acids is 1. The van der Waals surface area contributed by atoms with E-state index in [4.69, 9.17) is 24.5 Å². The topological polar surface area (TPSA) is 236 Å². The van der Waals surface area contributed by atoms with Crippen molar-refractivity contribution >= 4 is 78.7 Å². The molecule has 0 saturated carbocycles. The number of aromatic nitrogens is 6. The molecule has 14 aromatic rings. The number of aliphatic hydroxyl groups excluding tert-OH is 2. The number of rotatable bonds is 13. The quantitative estimate of drug-likeness (QED) is 0.0789. The summed E-state index contributed by atoms with van der Waals surface area (Å²) in [6.45, 7) is 12.9. The Labute approximate surface area is 760 Å². The number of aromatic hydroxyl groups is 1. The molecule has 628 valence electrons. The first-order valence-electron chi connectivity index (χ1n) is 35.8. The zero-order valence-corrected chi connectivity index (χ0v) is 78.2. The Morgan fingerprint density at radius 2 is 1.08 bits per heavy atom. The number of furan rings is 1. The summed E-state index contributed by atoms with van der Waals surface area (Å²) >= 11 is 0. The van der Waals surface area contributed by atoms with E-state index >= 15 is 0 Å². The molecule has 0 radical (unpaired) electrons. The molecule has 2 saturated heterocycles. The number of methoxy groups -OCH3 is 1. The number of aliphatic hydroxyl groups is 2. The Balaban J connectivity index is 0.000000449. The molecule has 27 heteroatoms. The largest absolute Gasteiger partial charge is 2.00 e. The third-order valence-corrected chi connectivity index (χ3v) is 16.4. The molecule has 6 heterocycles. The monoisotopic (exact) mass is 2480 g/mol. The molecule has 4 N–H and O–H groups in total. The van der Waals surface area contributed by atoms with E-state index in [0.29, 0.717) is 22.7 Å². The molecule has 1 unspecified atom stereocenters. The third kappa shape index (κ3) is 33.4. The van der Waals surface area contributed by atoms with E-state index in [1.165, 1.54) is 34.1 Å². The maximum Gasteiger partial charge on any atom is 2.00 e. The van der Waals surface area contributed by atoms with Crippen LogP contribution in [0.3, 0.4) is 0 Å². The van der Waals surface area contributed by atoms with Crippen molar-refractivity contribution in [1.82, 2.24) is 37.2 Å². The minimum atomic E-state index is -0.852. The summed E-state index contributed by atoms with van der Waals surface area (Å²) in [6.07, 6.45) is 19.2. The average molecular weight is 2480 g/mol. The summed E-state index contributed by atoms with van der Waals surface area (Å²) in [5.74, 6) is -0.461. The van der Waals surface area contributed by atoms with Crippen molar-refractivity contribution in [3.8, 4) is 28.6 Å². The summed E-state index contributed by atoms with van der Waals surface area (Å²) in [7, 11) is 18.5. The van der Waals surface area contributed by atoms with Gasteiger partial charge in [0.2, 0.25) is 0 Å². The maximum absolute atomic E-state index is 10.2. The van der Waals surface area contributed by atoms with Crippen molar-refractivity contribution in [3.05, 3.63) is 346 Å². The van der Waals surface area contributed by atoms with Crippen LogP contribution < -0.4 is 14.5 Å². The number of carboxylic acids is 1. The van der Waals surface area contributed by atoms with E-state index in [1.54, 1.807) is 90.4 Å². The van der Waals surface area contributed by atoms with Crippen LogP contribution in [-0.2, 0) is 136 Å². The Morgan fingerprint density at radius 3 is 1.58 bits per heavy atom. The van der Waals surface area contributed by atoms with Crippen molar-refractivity contribution in [1.29, 1.82) is 0 Å². The molecule has 0 spiro atoms. The number of anilines is 2. The summed E-state index contributed by atoms with van der Waals surface area (Å²) in [4.78, 5) is 28.6. The van der Waals surface area contributed by atoms with Gasteiger partial charge >= 0.3 is 42.1 Å². The SMILES string of the molecule is CN1[CH+]N(c2[c-]ccc3c2oc2ccccc23)CC1.CN1[CH+]N(c2[c-]cccc2)CC1.C[N-]C=C[N-]C.C[N-]c1cc(OC)ccc1O.C[N-]c1ccccc1[C-]=O.Cn1[cH+]n(-c2[c-]cccc2)c2ccccc21.Cn1ccn(-c2[c-]cc3ccccc3c2)[cH+]1.Cn1ccn(-c2[c-]cccc2)[cH+]1.OCCO.[CH2-]C(C)C(=O)O.[Pt+2].[Pt+2].[Pt].[Pt].[Pt]. The van der Waals surface area contributed by atoms with Crippen molar-refractivity contribution in [2.24, 2.45) is 27.1 Å². The number of hydrogen-bond donors (Lipinski definition) is 4. The fourth-order valence-electron chi connectivity index (χ4n) is 10.7. The molecule has 2 aliphatic heterocycles. The molecule has 2 fully saturated rings. The predicted octanol–water partition coefficient (Wildman–Crippen LogP) is 17.4. The van der Waals surface area contributed by atoms with Crippen molar-refractivity contribution < 1.29 is 144 Å². The number of nitrogens with zero attached hydrogens (tertiary/aromatic N) is 14. The third-order valence-electron chi connectivity index (χ3n) is 16.4. The number of para-hydroxylation sites is 7. The first-order chi connectivity index (χ1) is 54.4. The van der Waals surface area contributed by atoms with Crippen molar-refractivity contribution in [2.75, 3.05) is 98.6 Å². The van der Waals surface area contributed by atoms with Gasteiger partial charge in [-0.3, -0.25) is 19.6 Å². The molecular weight excluding hydrogens is 2380 g/mol. The number of aliphatic carboxylic acids is 1. The van der Waals surface area contributed by atoms with Gasteiger partial charge in [0, 0.05) is 144 Å². The molecule has 0 amide bonds. The fraction of sp³-hybridized carbons (Fsp3) is 0.200. The number of carboxylic acid groups (broad SMARTS) is 1. The van der Waals surface area contributed by atoms with Gasteiger partial charge in [0.05, 0.1) is 52.8 Å². The van der Waals surface area contributed by atoms with Gasteiger partial charge in [0.15, 0.2) is 30.0 Å². The molecule has 1 atom stereocenters. The first kappa shape index (κ1) is 104. The smallest absolute Gasteiger partial charge is 0.745 e. The number of phenolic OH excluding ortho intramolecular Hbond substituents is 1. The second-order valence-corrected chi connectivity index (χ2v) is 24.9. The Kier molecular flexibility index (Phi) is 50.2. The zero-order chi connectivity index (χ0) is 80.6. The van der Waals surface area contributed by atoms with Gasteiger partial charge in [-0.15, -0.1) is 96.3 Å². The summed E-state index contributed by atoms with van der Waals surface area (Å²) < 4.78 is 23.3. The van der Waals surface area contributed by atoms with E-state index in [9.17, 15) is 14.7 Å². The van der Waals surface area contributed by atoms with E-state index in [1.807, 2.05) is 168 Å². The van der Waals surface area contributed by atoms with Gasteiger partial charge in [-0.25, -0.2) is 40.5 Å². The molecule has 2 aliphatic rings. The van der Waals surface area contributed by atoms with Crippen LogP contribution in [-0.4, -0.2) is 159 Å². The number of phenols is 1. The summed E-state index contributed by atoms with van der Waals surface area (Å²) in [5, 5.41) is 52.2. The van der Waals surface area contributed by atoms with Crippen LogP contribution >= 0.6 is 0 Å². The van der Waals surface area contributed by atoms with E-state index in [-0.39, 0.29) is 124 Å². The molecule has 22 nitrogen and oxygen atoms in total. The van der Waals surface area contributed by atoms with Gasteiger partial charge in [0.25, 0.3) is 19.3 Å². The second kappa shape index (κ2) is 56.7. The van der Waals surface area contributed by atoms with E-state index in [0.717, 1.165) is 71.2 Å². The number of aryl methyl sites for hydroxylation is 3. The van der Waals surface area contributed by atoms with Gasteiger partial charge in [-0.05, 0) is 42.1 Å². The Bertz CT molecular complexity index is 5110. The van der Waals surface area contributed by atoms with Crippen LogP contribution in [0.25, 0.3) is 82.1 Å². The number of carbonyl (C=O) groups is 1. The van der Waals surface area contributed by atoms with Crippen molar-refractivity contribution in [3.63, 3.8) is 0 Å². The standard InChI is InChI=1S/C16H14N2O.2C14H12N2.C10H12N2.C10H10N2.C8H10NO2.C8H7NO.C4H8N2.C4H7O2.C2H6O2.5Pt/c1-17-9-10-18(11-17)14-7-4-6-13-12-5-2-3-8-15(12)19-16(13)14;1-15-11-16(12-7-3-2-4-8-12)14-10-6-5-9-13(14)15;1-15-8-9-16(11-15)14-7-6-12-4-2-3-5-13(12)10-14;2*1-11-7-8-12(9-11)10-5-3-2-4-6-10;1-9-7-5-6(11-2)3-4-8(7)10;1-9-8-5-3-2-4-7(8)6-10;1-5-3-4-6-2;1-3(2)4(5)6;3-1-2-4;;;;;/h2-6,8,11H,9-10H2,1H3;2-7,9-11H,1H3;2-6,8-11H,1H3;2-5,9H,7-8H2,1H3;2-5,7-9H,1H3;3-5,10H,1-2H3;2-5H,1H3;3-4H,1-2H3;3H,1H2,2H3,(H,5,6);3-4H,1-2H2;;;;;/q;;;;;-1;2*-2;-1;;;;;2*+2. The number of imidazole rings is 3. The Morgan fingerprint density at radius 1 is 0.564 bits per heavy atom. The normalized spacial score (nSPS) is 11.5. The predicted molar refractivity (Wildman–Crippen MR) is 453 cm³/mol. The molecule has 117 heavy (non-hydrogen) atoms. The van der Waals surface area contributed by atoms with Crippen LogP contribution in [0.1, 0.15) is 12.5 Å². The Hall–Kier alpha value is -9.55. The number of hydrogen-bond acceptors (Lipinski definition) is 11. The second-order valence-electron chi connectivity index (χ2n) is 24.9. The zero-order valence-electron chi connectivity index (χ0n) is 66.8. The van der Waals surface area contributed by atoms with E-state index < -0.39 is 11.9 Å². The number of fused-ring (bicyclic) bond motifs is 5. The molecule has 10 aromatic carbocycles. The van der Waals surface area contributed by atoms with E-state index in [2.05, 4.69) is 205 Å². The molecule has 0 bridgehead atoms. The summed E-state index contributed by atoms with van der Waals surface area (Å²) in [5.41, 5.74) is 11.4.